The number of nitrogens with zero attached hydrogens (tertiary/aromatic N) is 3. The summed E-state index contributed by atoms with van der Waals surface area (Å²) in [4.78, 5) is 47.4. The van der Waals surface area contributed by atoms with Crippen LogP contribution in [-0.4, -0.2) is 92.4 Å². The number of amides is 3. The molecule has 2 unspecified atom stereocenters. The highest BCUT2D eigenvalue weighted by Gasteiger charge is 2.70. The number of thioether (sulfide) groups is 1. The number of carbonyl (C=O) groups is 3. The van der Waals surface area contributed by atoms with Crippen LogP contribution >= 0.6 is 11.8 Å². The van der Waals surface area contributed by atoms with E-state index in [4.69, 9.17) is 0 Å². The molecule has 1 spiro atoms. The molecular formula is C26H39N3O4S. The number of hydrogen-bond donors (Lipinski definition) is 1. The normalized spacial score (nSPS) is 33.6. The van der Waals surface area contributed by atoms with Crippen LogP contribution < -0.4 is 0 Å². The zero-order chi connectivity index (χ0) is 24.5. The van der Waals surface area contributed by atoms with Crippen LogP contribution in [0.2, 0.25) is 0 Å². The van der Waals surface area contributed by atoms with Crippen molar-refractivity contribution in [3.05, 3.63) is 24.3 Å². The molecule has 0 radical (unpaired) electrons. The molecule has 0 saturated carbocycles. The molecule has 3 amide bonds. The largest absolute Gasteiger partial charge is 0.396 e. The number of hydrogen-bond acceptors (Lipinski definition) is 5. The fourth-order valence-corrected chi connectivity index (χ4v) is 8.29. The van der Waals surface area contributed by atoms with Gasteiger partial charge in [-0.3, -0.25) is 14.4 Å². The van der Waals surface area contributed by atoms with Crippen LogP contribution in [0.4, 0.5) is 0 Å². The molecule has 4 rings (SSSR count). The van der Waals surface area contributed by atoms with E-state index in [-0.39, 0.29) is 35.6 Å². The van der Waals surface area contributed by atoms with Gasteiger partial charge in [0, 0.05) is 44.1 Å². The minimum atomic E-state index is -0.737. The molecule has 7 nitrogen and oxygen atoms in total. The number of fused-ring (bicyclic) bond motifs is 2. The summed E-state index contributed by atoms with van der Waals surface area (Å²) < 4.78 is -0.737. The van der Waals surface area contributed by atoms with Crippen LogP contribution in [-0.2, 0) is 14.4 Å². The molecule has 0 aromatic heterocycles. The van der Waals surface area contributed by atoms with E-state index in [1.807, 2.05) is 9.80 Å². The van der Waals surface area contributed by atoms with E-state index in [2.05, 4.69) is 45.1 Å². The standard InChI is InChI=1S/C26H39N3O4S/c1-4-10-18(3)28-16-9-12-26-21(24(32)29(15-6-7-17-30)22(26)25(28)33)20-19(34-26)11-8-14-27(13-5-2)23(20)31/h8-9,11-12,18-22,30H,4-7,10,13-17H2,1-3H3/t18?,19-,20+,21+,22?,26+/m1/s1. The molecule has 4 aliphatic heterocycles. The Hall–Kier alpha value is -1.80. The van der Waals surface area contributed by atoms with Crippen LogP contribution in [0.5, 0.6) is 0 Å². The van der Waals surface area contributed by atoms with Crippen LogP contribution in [0, 0.1) is 11.8 Å². The van der Waals surface area contributed by atoms with Gasteiger partial charge in [0.2, 0.25) is 17.7 Å². The lowest BCUT2D eigenvalue weighted by atomic mass is 9.78. The third-order valence-electron chi connectivity index (χ3n) is 7.81. The number of carbonyl (C=O) groups excluding carboxylic acids is 3. The second-order valence-electron chi connectivity index (χ2n) is 10.0. The zero-order valence-electron chi connectivity index (χ0n) is 20.7. The topological polar surface area (TPSA) is 81.2 Å². The summed E-state index contributed by atoms with van der Waals surface area (Å²) in [6, 6.07) is -0.524. The smallest absolute Gasteiger partial charge is 0.247 e. The van der Waals surface area contributed by atoms with Gasteiger partial charge in [0.25, 0.3) is 0 Å². The van der Waals surface area contributed by atoms with Crippen molar-refractivity contribution >= 4 is 29.5 Å². The van der Waals surface area contributed by atoms with Crippen molar-refractivity contribution in [2.24, 2.45) is 11.8 Å². The Kier molecular flexibility index (Phi) is 7.77. The van der Waals surface area contributed by atoms with Gasteiger partial charge in [-0.05, 0) is 32.6 Å². The summed E-state index contributed by atoms with van der Waals surface area (Å²) in [5.74, 6) is -1.04. The zero-order valence-corrected chi connectivity index (χ0v) is 21.5. The maximum absolute atomic E-state index is 14.1. The van der Waals surface area contributed by atoms with Gasteiger partial charge in [0.05, 0.1) is 16.6 Å². The summed E-state index contributed by atoms with van der Waals surface area (Å²) >= 11 is 1.64. The fourth-order valence-electron chi connectivity index (χ4n) is 6.28. The fraction of sp³-hybridized carbons (Fsp3) is 0.731. The molecule has 4 aliphatic rings. The first-order chi connectivity index (χ1) is 16.4. The Labute approximate surface area is 207 Å². The first-order valence-corrected chi connectivity index (χ1v) is 13.8. The van der Waals surface area contributed by atoms with Crippen LogP contribution in [0.1, 0.15) is 52.9 Å². The molecule has 0 aliphatic carbocycles. The maximum atomic E-state index is 14.1. The van der Waals surface area contributed by atoms with Crippen molar-refractivity contribution < 1.29 is 19.5 Å². The molecule has 1 N–H and O–H groups in total. The van der Waals surface area contributed by atoms with E-state index in [0.717, 1.165) is 19.3 Å². The van der Waals surface area contributed by atoms with Gasteiger partial charge in [-0.25, -0.2) is 0 Å². The SMILES string of the molecule is CCCC(C)N1CC=C[C@]23S[C@@H]4C=CCN(CCC)C(=O)[C@@H]4[C@H]2C(=O)N(CCCCO)C3C1=O. The van der Waals surface area contributed by atoms with E-state index in [1.165, 1.54) is 0 Å². The lowest BCUT2D eigenvalue weighted by Crippen LogP contribution is -2.55. The summed E-state index contributed by atoms with van der Waals surface area (Å²) in [7, 11) is 0. The Morgan fingerprint density at radius 1 is 1.06 bits per heavy atom. The van der Waals surface area contributed by atoms with E-state index >= 15 is 0 Å². The van der Waals surface area contributed by atoms with Crippen molar-refractivity contribution in [1.29, 1.82) is 0 Å². The third kappa shape index (κ3) is 4.11. The maximum Gasteiger partial charge on any atom is 0.247 e. The van der Waals surface area contributed by atoms with Crippen LogP contribution in [0.15, 0.2) is 24.3 Å². The molecule has 0 aromatic rings. The average Bonchev–Trinajstić information content (AvgIpc) is 3.12. The van der Waals surface area contributed by atoms with Crippen LogP contribution in [0.25, 0.3) is 0 Å². The number of rotatable bonds is 9. The van der Waals surface area contributed by atoms with Gasteiger partial charge >= 0.3 is 0 Å². The van der Waals surface area contributed by atoms with E-state index < -0.39 is 22.6 Å². The summed E-state index contributed by atoms with van der Waals surface area (Å²) in [5.41, 5.74) is 0. The van der Waals surface area contributed by atoms with E-state index in [1.54, 1.807) is 16.7 Å². The van der Waals surface area contributed by atoms with Gasteiger partial charge in [0.15, 0.2) is 0 Å². The van der Waals surface area contributed by atoms with Crippen molar-refractivity contribution in [2.45, 2.75) is 75.0 Å². The quantitative estimate of drug-likeness (QED) is 0.398. The van der Waals surface area contributed by atoms with Crippen molar-refractivity contribution in [3.63, 3.8) is 0 Å². The predicted octanol–water partition coefficient (Wildman–Crippen LogP) is 2.45. The van der Waals surface area contributed by atoms with Crippen LogP contribution in [0.3, 0.4) is 0 Å². The Morgan fingerprint density at radius 2 is 1.85 bits per heavy atom. The van der Waals surface area contributed by atoms with Gasteiger partial charge in [0.1, 0.15) is 6.04 Å². The van der Waals surface area contributed by atoms with Gasteiger partial charge in [-0.15, -0.1) is 11.8 Å². The van der Waals surface area contributed by atoms with Crippen molar-refractivity contribution in [3.8, 4) is 0 Å². The molecular weight excluding hydrogens is 450 g/mol. The molecule has 8 heteroatoms. The number of aliphatic hydroxyl groups is 1. The van der Waals surface area contributed by atoms with Crippen molar-refractivity contribution in [1.82, 2.24) is 14.7 Å². The Bertz CT molecular complexity index is 861. The first kappa shape index (κ1) is 25.3. The third-order valence-corrected chi connectivity index (χ3v) is 9.56. The monoisotopic (exact) mass is 489 g/mol. The minimum Gasteiger partial charge on any atom is -0.396 e. The highest BCUT2D eigenvalue weighted by atomic mass is 32.2. The molecule has 2 fully saturated rings. The predicted molar refractivity (Wildman–Crippen MR) is 134 cm³/mol. The van der Waals surface area contributed by atoms with Gasteiger partial charge in [-0.2, -0.15) is 0 Å². The number of likely N-dealkylation sites (tertiary alicyclic amines) is 1. The molecule has 188 valence electrons. The number of unbranched alkanes of at least 4 members (excludes halogenated alkanes) is 1. The van der Waals surface area contributed by atoms with Crippen molar-refractivity contribution in [2.75, 3.05) is 32.8 Å². The molecule has 0 bridgehead atoms. The average molecular weight is 490 g/mol. The highest BCUT2D eigenvalue weighted by molar-refractivity contribution is 8.02. The molecule has 4 heterocycles. The second-order valence-corrected chi connectivity index (χ2v) is 11.5. The number of aliphatic hydroxyl groups excluding tert-OH is 1. The van der Waals surface area contributed by atoms with E-state index in [9.17, 15) is 19.5 Å². The first-order valence-electron chi connectivity index (χ1n) is 12.9. The Balaban J connectivity index is 1.76. The Morgan fingerprint density at radius 3 is 2.56 bits per heavy atom. The molecule has 34 heavy (non-hydrogen) atoms. The lowest BCUT2D eigenvalue weighted by Gasteiger charge is -2.37. The highest BCUT2D eigenvalue weighted by Crippen LogP contribution is 2.61. The summed E-state index contributed by atoms with van der Waals surface area (Å²) in [6.07, 6.45) is 12.3. The summed E-state index contributed by atoms with van der Waals surface area (Å²) in [6.45, 7) is 8.53. The van der Waals surface area contributed by atoms with Gasteiger partial charge in [-0.1, -0.05) is 44.6 Å². The molecule has 2 saturated heterocycles. The van der Waals surface area contributed by atoms with Gasteiger partial charge < -0.3 is 19.8 Å². The lowest BCUT2D eigenvalue weighted by molar-refractivity contribution is -0.145. The second kappa shape index (κ2) is 10.4. The minimum absolute atomic E-state index is 0.00315. The summed E-state index contributed by atoms with van der Waals surface area (Å²) in [5, 5.41) is 9.21. The van der Waals surface area contributed by atoms with E-state index in [0.29, 0.717) is 39.0 Å². The molecule has 6 atom stereocenters. The molecule has 0 aromatic carbocycles.